The molecule has 0 saturated heterocycles. The van der Waals surface area contributed by atoms with Gasteiger partial charge in [0, 0.05) is 26.2 Å². The first-order valence-corrected chi connectivity index (χ1v) is 9.71. The lowest BCUT2D eigenvalue weighted by Gasteiger charge is -2.13. The van der Waals surface area contributed by atoms with E-state index in [2.05, 4.69) is 21.3 Å². The molecule has 0 radical (unpaired) electrons. The Kier molecular flexibility index (Phi) is 9.30. The maximum atomic E-state index is 5.28. The molecule has 0 aliphatic heterocycles. The Balaban J connectivity index is 1.55. The summed E-state index contributed by atoms with van der Waals surface area (Å²) in [6, 6.07) is 15.7. The van der Waals surface area contributed by atoms with Gasteiger partial charge in [0.25, 0.3) is 0 Å². The van der Waals surface area contributed by atoms with Crippen LogP contribution in [0.15, 0.2) is 48.5 Å². The Morgan fingerprint density at radius 2 is 1.00 bits per heavy atom. The summed E-state index contributed by atoms with van der Waals surface area (Å²) in [5.41, 5.74) is 2.26. The molecule has 0 unspecified atom stereocenters. The van der Waals surface area contributed by atoms with Crippen LogP contribution in [-0.4, -0.2) is 37.5 Å². The maximum Gasteiger partial charge on any atom is 0.166 e. The molecule has 0 aliphatic carbocycles. The van der Waals surface area contributed by atoms with E-state index < -0.39 is 0 Å². The highest BCUT2D eigenvalue weighted by molar-refractivity contribution is 7.80. The van der Waals surface area contributed by atoms with Gasteiger partial charge in [-0.15, -0.1) is 0 Å². The molecule has 0 atom stereocenters. The summed E-state index contributed by atoms with van der Waals surface area (Å²) in [5.74, 6) is 1.68. The van der Waals surface area contributed by atoms with E-state index in [0.717, 1.165) is 22.6 Å². The van der Waals surface area contributed by atoms with Crippen molar-refractivity contribution in [3.63, 3.8) is 0 Å². The zero-order valence-corrected chi connectivity index (χ0v) is 17.7. The lowest BCUT2D eigenvalue weighted by Crippen LogP contribution is -2.42. The predicted octanol–water partition coefficient (Wildman–Crippen LogP) is 2.33. The summed E-state index contributed by atoms with van der Waals surface area (Å²) in [7, 11) is 3.31. The van der Waals surface area contributed by atoms with Gasteiger partial charge in [-0.1, -0.05) is 24.3 Å². The summed E-state index contributed by atoms with van der Waals surface area (Å²) >= 11 is 10.6. The molecular weight excluding hydrogens is 392 g/mol. The second kappa shape index (κ2) is 12.0. The molecule has 0 spiro atoms. The Bertz CT molecular complexity index is 686. The second-order valence-electron chi connectivity index (χ2n) is 5.92. The van der Waals surface area contributed by atoms with Crippen molar-refractivity contribution in [1.82, 2.24) is 21.3 Å². The fourth-order valence-corrected chi connectivity index (χ4v) is 2.68. The molecule has 6 nitrogen and oxygen atoms in total. The Hall–Kier alpha value is -2.58. The number of methoxy groups -OCH3 is 2. The molecule has 0 bridgehead atoms. The van der Waals surface area contributed by atoms with Crippen LogP contribution in [0, 0.1) is 0 Å². The minimum atomic E-state index is 0.606. The molecule has 8 heteroatoms. The van der Waals surface area contributed by atoms with Gasteiger partial charge in [0.2, 0.25) is 0 Å². The van der Waals surface area contributed by atoms with Gasteiger partial charge in [0.15, 0.2) is 10.2 Å². The zero-order chi connectivity index (χ0) is 20.2. The average Bonchev–Trinajstić information content (AvgIpc) is 2.74. The van der Waals surface area contributed by atoms with Crippen molar-refractivity contribution in [3.05, 3.63) is 59.7 Å². The molecule has 0 amide bonds. The topological polar surface area (TPSA) is 66.6 Å². The predicted molar refractivity (Wildman–Crippen MR) is 121 cm³/mol. The van der Waals surface area contributed by atoms with Crippen LogP contribution in [0.5, 0.6) is 11.5 Å². The van der Waals surface area contributed by atoms with Gasteiger partial charge in [-0.2, -0.15) is 0 Å². The van der Waals surface area contributed by atoms with Crippen LogP contribution in [0.3, 0.4) is 0 Å². The molecule has 150 valence electrons. The SMILES string of the molecule is COc1ccc(CNC(=S)NCCNC(=S)NCc2ccc(OC)cc2)cc1. The van der Waals surface area contributed by atoms with Crippen LogP contribution < -0.4 is 30.7 Å². The van der Waals surface area contributed by atoms with Gasteiger partial charge >= 0.3 is 0 Å². The lowest BCUT2D eigenvalue weighted by atomic mass is 10.2. The molecule has 2 rings (SSSR count). The van der Waals surface area contributed by atoms with Crippen molar-refractivity contribution in [3.8, 4) is 11.5 Å². The van der Waals surface area contributed by atoms with Crippen molar-refractivity contribution in [2.24, 2.45) is 0 Å². The Morgan fingerprint density at radius 3 is 1.32 bits per heavy atom. The number of hydrogen-bond acceptors (Lipinski definition) is 4. The van der Waals surface area contributed by atoms with E-state index in [0.29, 0.717) is 36.4 Å². The molecule has 0 aliphatic rings. The Morgan fingerprint density at radius 1 is 0.643 bits per heavy atom. The highest BCUT2D eigenvalue weighted by Crippen LogP contribution is 2.11. The van der Waals surface area contributed by atoms with Gasteiger partial charge < -0.3 is 30.7 Å². The normalized spacial score (nSPS) is 9.93. The molecule has 0 fully saturated rings. The fraction of sp³-hybridized carbons (Fsp3) is 0.300. The van der Waals surface area contributed by atoms with E-state index in [9.17, 15) is 0 Å². The van der Waals surface area contributed by atoms with Crippen LogP contribution in [0.1, 0.15) is 11.1 Å². The van der Waals surface area contributed by atoms with Gasteiger partial charge in [-0.3, -0.25) is 0 Å². The van der Waals surface area contributed by atoms with E-state index in [1.165, 1.54) is 0 Å². The van der Waals surface area contributed by atoms with Crippen LogP contribution >= 0.6 is 24.4 Å². The minimum Gasteiger partial charge on any atom is -0.497 e. The number of rotatable bonds is 9. The molecule has 0 heterocycles. The molecule has 2 aromatic rings. The van der Waals surface area contributed by atoms with E-state index in [1.807, 2.05) is 48.5 Å². The lowest BCUT2D eigenvalue weighted by molar-refractivity contribution is 0.414. The highest BCUT2D eigenvalue weighted by atomic mass is 32.1. The summed E-state index contributed by atoms with van der Waals surface area (Å²) < 4.78 is 10.3. The summed E-state index contributed by atoms with van der Waals surface area (Å²) in [6.45, 7) is 2.65. The maximum absolute atomic E-state index is 5.28. The molecular formula is C20H26N4O2S2. The highest BCUT2D eigenvalue weighted by Gasteiger charge is 2.00. The van der Waals surface area contributed by atoms with E-state index in [4.69, 9.17) is 33.9 Å². The van der Waals surface area contributed by atoms with Gasteiger partial charge in [-0.05, 0) is 59.8 Å². The quantitative estimate of drug-likeness (QED) is 0.366. The van der Waals surface area contributed by atoms with Crippen molar-refractivity contribution in [2.45, 2.75) is 13.1 Å². The minimum absolute atomic E-state index is 0.606. The van der Waals surface area contributed by atoms with Gasteiger partial charge in [0.05, 0.1) is 14.2 Å². The number of benzene rings is 2. The number of thiocarbonyl (C=S) groups is 2. The largest absolute Gasteiger partial charge is 0.497 e. The molecule has 2 aromatic carbocycles. The van der Waals surface area contributed by atoms with Gasteiger partial charge in [-0.25, -0.2) is 0 Å². The first kappa shape index (κ1) is 21.7. The summed E-state index contributed by atoms with van der Waals surface area (Å²) in [4.78, 5) is 0. The monoisotopic (exact) mass is 418 g/mol. The van der Waals surface area contributed by atoms with E-state index in [-0.39, 0.29) is 0 Å². The third kappa shape index (κ3) is 7.98. The third-order valence-electron chi connectivity index (χ3n) is 3.92. The zero-order valence-electron chi connectivity index (χ0n) is 16.1. The molecule has 28 heavy (non-hydrogen) atoms. The third-order valence-corrected chi connectivity index (χ3v) is 4.50. The number of nitrogens with one attached hydrogen (secondary N) is 4. The first-order valence-electron chi connectivity index (χ1n) is 8.90. The fourth-order valence-electron chi connectivity index (χ4n) is 2.33. The summed E-state index contributed by atoms with van der Waals surface area (Å²) in [6.07, 6.45) is 0. The van der Waals surface area contributed by atoms with Crippen molar-refractivity contribution in [2.75, 3.05) is 27.3 Å². The van der Waals surface area contributed by atoms with Gasteiger partial charge in [0.1, 0.15) is 11.5 Å². The summed E-state index contributed by atoms with van der Waals surface area (Å²) in [5, 5.41) is 13.9. The van der Waals surface area contributed by atoms with Crippen molar-refractivity contribution in [1.29, 1.82) is 0 Å². The second-order valence-corrected chi connectivity index (χ2v) is 6.73. The number of ether oxygens (including phenoxy) is 2. The van der Waals surface area contributed by atoms with Crippen LogP contribution in [0.2, 0.25) is 0 Å². The van der Waals surface area contributed by atoms with Crippen LogP contribution in [0.4, 0.5) is 0 Å². The molecule has 0 saturated carbocycles. The Labute approximate surface area is 177 Å². The van der Waals surface area contributed by atoms with E-state index >= 15 is 0 Å². The van der Waals surface area contributed by atoms with Crippen molar-refractivity contribution < 1.29 is 9.47 Å². The van der Waals surface area contributed by atoms with E-state index in [1.54, 1.807) is 14.2 Å². The first-order chi connectivity index (χ1) is 13.6. The standard InChI is InChI=1S/C20H26N4O2S2/c1-25-17-7-3-15(4-8-17)13-23-19(27)21-11-12-22-20(28)24-14-16-5-9-18(26-2)10-6-16/h3-10H,11-14H2,1-2H3,(H2,21,23,27)(H2,22,24,28). The van der Waals surface area contributed by atoms with Crippen LogP contribution in [0.25, 0.3) is 0 Å². The molecule has 4 N–H and O–H groups in total. The number of hydrogen-bond donors (Lipinski definition) is 4. The van der Waals surface area contributed by atoms with Crippen molar-refractivity contribution >= 4 is 34.7 Å². The molecule has 0 aromatic heterocycles. The van der Waals surface area contributed by atoms with Crippen LogP contribution in [-0.2, 0) is 13.1 Å². The smallest absolute Gasteiger partial charge is 0.166 e. The average molecular weight is 419 g/mol.